The van der Waals surface area contributed by atoms with Crippen molar-refractivity contribution in [3.8, 4) is 0 Å². The Morgan fingerprint density at radius 3 is 2.29 bits per heavy atom. The summed E-state index contributed by atoms with van der Waals surface area (Å²) in [4.78, 5) is 49.2. The Labute approximate surface area is 278 Å². The van der Waals surface area contributed by atoms with E-state index < -0.39 is 35.1 Å². The zero-order valence-electron chi connectivity index (χ0n) is 27.7. The van der Waals surface area contributed by atoms with Gasteiger partial charge in [-0.3, -0.25) is 14.4 Å². The van der Waals surface area contributed by atoms with Gasteiger partial charge in [0.05, 0.1) is 17.9 Å². The zero-order valence-corrected chi connectivity index (χ0v) is 29.3. The van der Waals surface area contributed by atoms with Crippen LogP contribution in [-0.2, 0) is 19.1 Å². The summed E-state index contributed by atoms with van der Waals surface area (Å²) in [5, 5.41) is 9.27. The summed E-state index contributed by atoms with van der Waals surface area (Å²) in [5.41, 5.74) is -0.979. The quantitative estimate of drug-likeness (QED) is 0.145. The summed E-state index contributed by atoms with van der Waals surface area (Å²) in [7, 11) is 0. The minimum absolute atomic E-state index is 0.0469. The lowest BCUT2D eigenvalue weighted by Crippen LogP contribution is -2.61. The van der Waals surface area contributed by atoms with E-state index in [2.05, 4.69) is 63.7 Å². The van der Waals surface area contributed by atoms with Gasteiger partial charge in [-0.2, -0.15) is 0 Å². The number of rotatable bonds is 15. The highest BCUT2D eigenvalue weighted by Gasteiger charge is 2.77. The number of likely N-dealkylation sites (tertiary alicyclic amines) is 1. The van der Waals surface area contributed by atoms with Gasteiger partial charge in [0.25, 0.3) is 0 Å². The van der Waals surface area contributed by atoms with Crippen molar-refractivity contribution in [2.45, 2.75) is 101 Å². The molecule has 1 N–H and O–H groups in total. The van der Waals surface area contributed by atoms with Crippen molar-refractivity contribution in [1.82, 2.24) is 9.80 Å². The molecule has 45 heavy (non-hydrogen) atoms. The number of halogens is 1. The number of amides is 3. The van der Waals surface area contributed by atoms with Crippen molar-refractivity contribution < 1.29 is 24.2 Å². The average molecular weight is 687 g/mol. The van der Waals surface area contributed by atoms with Crippen molar-refractivity contribution in [2.75, 3.05) is 31.1 Å². The third-order valence-corrected chi connectivity index (χ3v) is 10.4. The fourth-order valence-corrected chi connectivity index (χ4v) is 9.17. The number of aliphatic hydroxyl groups excluding tert-OH is 1. The number of carbonyl (C=O) groups is 3. The van der Waals surface area contributed by atoms with Crippen LogP contribution in [-0.4, -0.2) is 87.0 Å². The van der Waals surface area contributed by atoms with Crippen molar-refractivity contribution in [1.29, 1.82) is 0 Å². The van der Waals surface area contributed by atoms with Gasteiger partial charge in [-0.25, -0.2) is 0 Å². The van der Waals surface area contributed by atoms with Gasteiger partial charge < -0.3 is 24.5 Å². The topological polar surface area (TPSA) is 90.4 Å². The highest BCUT2D eigenvalue weighted by atomic mass is 79.9. The number of aliphatic hydroxyl groups is 1. The number of hydrogen-bond acceptors (Lipinski definition) is 5. The molecule has 3 unspecified atom stereocenters. The van der Waals surface area contributed by atoms with Crippen LogP contribution in [0.4, 0.5) is 5.69 Å². The molecule has 3 amide bonds. The Morgan fingerprint density at radius 1 is 1.04 bits per heavy atom. The number of benzene rings is 1. The minimum Gasteiger partial charge on any atom is -0.396 e. The van der Waals surface area contributed by atoms with Gasteiger partial charge in [0, 0.05) is 42.3 Å². The van der Waals surface area contributed by atoms with Crippen LogP contribution in [0.5, 0.6) is 0 Å². The molecule has 3 fully saturated rings. The van der Waals surface area contributed by atoms with Gasteiger partial charge in [0.15, 0.2) is 0 Å². The van der Waals surface area contributed by atoms with Crippen LogP contribution in [0.1, 0.15) is 73.1 Å². The molecular weight excluding hydrogens is 634 g/mol. The molecule has 9 heteroatoms. The number of ether oxygens (including phenoxy) is 1. The fourth-order valence-electron chi connectivity index (χ4n) is 8.22. The number of para-hydroxylation sites is 1. The molecule has 0 saturated carbocycles. The summed E-state index contributed by atoms with van der Waals surface area (Å²) >= 11 is 3.81. The Hall–Kier alpha value is -2.49. The molecule has 3 heterocycles. The molecule has 1 aromatic carbocycles. The lowest BCUT2D eigenvalue weighted by molar-refractivity contribution is -0.152. The van der Waals surface area contributed by atoms with E-state index in [9.17, 15) is 19.5 Å². The SMILES string of the molecule is C=CCN(C(=O)[C@H]1[C@H]2C(=O)N(CCCCCCO)C(C(=O)N(CC=C)C(C)(C)CC(C)(C)C)C23CC(Br)[C@@H]1O3)c1ccccc1. The third-order valence-electron chi connectivity index (χ3n) is 9.53. The molecular formula is C36H52BrN3O5. The molecule has 3 saturated heterocycles. The van der Waals surface area contributed by atoms with Gasteiger partial charge in [0.1, 0.15) is 11.6 Å². The first-order chi connectivity index (χ1) is 21.2. The lowest BCUT2D eigenvalue weighted by Gasteiger charge is -2.45. The van der Waals surface area contributed by atoms with Gasteiger partial charge in [0.2, 0.25) is 17.7 Å². The van der Waals surface area contributed by atoms with E-state index in [4.69, 9.17) is 4.74 Å². The number of nitrogens with zero attached hydrogens (tertiary/aromatic N) is 3. The molecule has 6 atom stereocenters. The van der Waals surface area contributed by atoms with Crippen molar-refractivity contribution >= 4 is 39.3 Å². The average Bonchev–Trinajstić information content (AvgIpc) is 3.56. The van der Waals surface area contributed by atoms with Gasteiger partial charge in [-0.1, -0.05) is 79.9 Å². The smallest absolute Gasteiger partial charge is 0.249 e. The first-order valence-electron chi connectivity index (χ1n) is 16.4. The van der Waals surface area contributed by atoms with E-state index in [1.807, 2.05) is 35.2 Å². The van der Waals surface area contributed by atoms with E-state index in [1.165, 1.54) is 0 Å². The second kappa shape index (κ2) is 14.1. The predicted octanol–water partition coefficient (Wildman–Crippen LogP) is 5.74. The lowest BCUT2D eigenvalue weighted by atomic mass is 9.70. The Bertz CT molecular complexity index is 1250. The van der Waals surface area contributed by atoms with Crippen LogP contribution < -0.4 is 4.90 Å². The summed E-state index contributed by atoms with van der Waals surface area (Å²) in [6.45, 7) is 19.6. The monoisotopic (exact) mass is 685 g/mol. The number of anilines is 1. The highest BCUT2D eigenvalue weighted by molar-refractivity contribution is 9.09. The first-order valence-corrected chi connectivity index (χ1v) is 17.3. The van der Waals surface area contributed by atoms with Crippen molar-refractivity contribution in [3.05, 3.63) is 55.6 Å². The molecule has 0 radical (unpaired) electrons. The maximum Gasteiger partial charge on any atom is 0.249 e. The summed E-state index contributed by atoms with van der Waals surface area (Å²) < 4.78 is 6.83. The molecule has 3 aliphatic rings. The van der Waals surface area contributed by atoms with Crippen LogP contribution in [0.2, 0.25) is 0 Å². The fraction of sp³-hybridized carbons (Fsp3) is 0.639. The van der Waals surface area contributed by atoms with Gasteiger partial charge in [-0.15, -0.1) is 13.2 Å². The minimum atomic E-state index is -1.13. The second-order valence-electron chi connectivity index (χ2n) is 14.7. The van der Waals surface area contributed by atoms with Crippen LogP contribution in [0.3, 0.4) is 0 Å². The number of unbranched alkanes of at least 4 members (excludes halogenated alkanes) is 3. The van der Waals surface area contributed by atoms with Crippen LogP contribution >= 0.6 is 15.9 Å². The number of alkyl halides is 1. The molecule has 1 spiro atoms. The standard InChI is InChI=1S/C36H52BrN3O5/c1-8-19-38(25-17-13-12-14-18-25)31(42)27-28-32(43)39(21-15-10-11-16-22-41)30(36(28)23-26(37)29(27)45-36)33(44)40(20-9-2)35(6,7)24-34(3,4)5/h8-9,12-14,17-18,26-30,41H,1-2,10-11,15-16,19-24H2,3-7H3/t26?,27-,28-,29-,30?,36?/m0/s1. The van der Waals surface area contributed by atoms with Crippen LogP contribution in [0.15, 0.2) is 55.6 Å². The van der Waals surface area contributed by atoms with Gasteiger partial charge in [-0.05, 0) is 57.1 Å². The maximum atomic E-state index is 15.0. The van der Waals surface area contributed by atoms with Crippen LogP contribution in [0.25, 0.3) is 0 Å². The van der Waals surface area contributed by atoms with E-state index in [-0.39, 0.29) is 41.1 Å². The Morgan fingerprint density at radius 2 is 1.69 bits per heavy atom. The maximum absolute atomic E-state index is 15.0. The summed E-state index contributed by atoms with van der Waals surface area (Å²) in [5.74, 6) is -2.06. The van der Waals surface area contributed by atoms with Crippen LogP contribution in [0, 0.1) is 17.3 Å². The van der Waals surface area contributed by atoms with E-state index >= 15 is 0 Å². The number of hydrogen-bond donors (Lipinski definition) is 1. The van der Waals surface area contributed by atoms with E-state index in [1.54, 1.807) is 22.0 Å². The van der Waals surface area contributed by atoms with Gasteiger partial charge >= 0.3 is 0 Å². The molecule has 3 aliphatic heterocycles. The normalized spacial score (nSPS) is 27.4. The summed E-state index contributed by atoms with van der Waals surface area (Å²) in [6, 6.07) is 8.55. The molecule has 4 rings (SSSR count). The zero-order chi connectivity index (χ0) is 33.2. The second-order valence-corrected chi connectivity index (χ2v) is 15.9. The third kappa shape index (κ3) is 6.96. The molecule has 0 aliphatic carbocycles. The molecule has 0 aromatic heterocycles. The number of carbonyl (C=O) groups excluding carboxylic acids is 3. The molecule has 1 aromatic rings. The van der Waals surface area contributed by atoms with Crippen molar-refractivity contribution in [2.24, 2.45) is 17.3 Å². The molecule has 2 bridgehead atoms. The Balaban J connectivity index is 1.77. The van der Waals surface area contributed by atoms with Crippen molar-refractivity contribution in [3.63, 3.8) is 0 Å². The Kier molecular flexibility index (Phi) is 11.1. The predicted molar refractivity (Wildman–Crippen MR) is 182 cm³/mol. The molecule has 248 valence electrons. The van der Waals surface area contributed by atoms with E-state index in [0.717, 1.165) is 24.9 Å². The summed E-state index contributed by atoms with van der Waals surface area (Å²) in [6.07, 6.45) is 7.15. The largest absolute Gasteiger partial charge is 0.396 e. The van der Waals surface area contributed by atoms with E-state index in [0.29, 0.717) is 32.4 Å². The molecule has 8 nitrogen and oxygen atoms in total. The first kappa shape index (κ1) is 35.4. The highest BCUT2D eigenvalue weighted by Crippen LogP contribution is 2.60. The number of fused-ring (bicyclic) bond motifs is 1.